The molecular formula is C40H44BrCl2F6N9O5. The summed E-state index contributed by atoms with van der Waals surface area (Å²) in [6.45, 7) is 4.63. The van der Waals surface area contributed by atoms with Gasteiger partial charge in [-0.05, 0) is 67.9 Å². The largest absolute Gasteiger partial charge is 0.405 e. The standard InChI is InChI=1S/C21H22ClF3N4O3.C15H15BrClN3O.C4H7F3N2O/c1-12-15(10-29(3)27-12)20(2)9-17(28-32-20)13-4-5-16(22)14(8-13)18(30)6-7-19(31)26-11-21(23,24)25;1-9-11(8-20(3)18-9)15(2)7-14(19-21-15)10-4-5-13(17)12(16)6-10;5-4(6,7)2-9-3(10)1-8/h4-5,8,10H,6-7,9,11H2,1-3H3,(H,26,31);4-6,8H,7H2,1-3H3;1-2,8H2,(H,9,10). The number of carbonyl (C=O) groups excluding carboxylic acids is 3. The van der Waals surface area contributed by atoms with E-state index in [9.17, 15) is 40.7 Å². The lowest BCUT2D eigenvalue weighted by Crippen LogP contribution is -2.37. The lowest BCUT2D eigenvalue weighted by atomic mass is 9.89. The number of hydrogen-bond donors (Lipinski definition) is 3. The molecule has 2 amide bonds. The molecule has 0 saturated carbocycles. The monoisotopic (exact) mass is 993 g/mol. The summed E-state index contributed by atoms with van der Waals surface area (Å²) in [7, 11) is 3.73. The van der Waals surface area contributed by atoms with Gasteiger partial charge in [-0.1, -0.05) is 45.6 Å². The highest BCUT2D eigenvalue weighted by molar-refractivity contribution is 9.10. The van der Waals surface area contributed by atoms with Gasteiger partial charge in [-0.15, -0.1) is 0 Å². The van der Waals surface area contributed by atoms with Crippen LogP contribution in [-0.4, -0.2) is 80.6 Å². The van der Waals surface area contributed by atoms with Gasteiger partial charge in [-0.2, -0.15) is 36.5 Å². The number of aromatic nitrogens is 4. The SMILES string of the molecule is Cc1nn(C)cc1C1(C)CC(c2ccc(Cl)c(Br)c2)=NO1.Cc1nn(C)cc1C1(C)CC(c2ccc(Cl)c(C(=O)CCC(=O)NCC(F)(F)F)c2)=NO1.NCC(=O)NCC(F)(F)F. The van der Waals surface area contributed by atoms with Crippen molar-refractivity contribution in [2.45, 2.75) is 76.9 Å². The molecule has 0 radical (unpaired) electrons. The molecule has 2 atom stereocenters. The molecule has 63 heavy (non-hydrogen) atoms. The highest BCUT2D eigenvalue weighted by Gasteiger charge is 2.40. The third-order valence-corrected chi connectivity index (χ3v) is 11.0. The number of alkyl halides is 6. The number of carbonyl (C=O) groups is 3. The summed E-state index contributed by atoms with van der Waals surface area (Å²) < 4.78 is 74.8. The van der Waals surface area contributed by atoms with Crippen molar-refractivity contribution in [3.63, 3.8) is 0 Å². The molecule has 23 heteroatoms. The second kappa shape index (κ2) is 20.7. The number of amides is 2. The van der Waals surface area contributed by atoms with Crippen LogP contribution in [0.3, 0.4) is 0 Å². The van der Waals surface area contributed by atoms with Crippen LogP contribution >= 0.6 is 39.1 Å². The summed E-state index contributed by atoms with van der Waals surface area (Å²) in [6.07, 6.45) is -4.52. The first-order valence-corrected chi connectivity index (χ1v) is 20.4. The number of halogens is 9. The Balaban J connectivity index is 0.000000239. The van der Waals surface area contributed by atoms with Gasteiger partial charge in [0.15, 0.2) is 17.0 Å². The van der Waals surface area contributed by atoms with Crippen molar-refractivity contribution in [2.75, 3.05) is 19.6 Å². The predicted molar refractivity (Wildman–Crippen MR) is 226 cm³/mol. The van der Waals surface area contributed by atoms with E-state index in [1.165, 1.54) is 0 Å². The predicted octanol–water partition coefficient (Wildman–Crippen LogP) is 7.87. The molecule has 6 rings (SSSR count). The van der Waals surface area contributed by atoms with Crippen molar-refractivity contribution in [1.82, 2.24) is 30.2 Å². The first-order valence-electron chi connectivity index (χ1n) is 18.9. The van der Waals surface area contributed by atoms with Crippen LogP contribution in [0.25, 0.3) is 0 Å². The van der Waals surface area contributed by atoms with Crippen molar-refractivity contribution < 1.29 is 50.4 Å². The zero-order valence-electron chi connectivity index (χ0n) is 34.8. The lowest BCUT2D eigenvalue weighted by molar-refractivity contribution is -0.138. The van der Waals surface area contributed by atoms with E-state index in [1.54, 1.807) is 38.2 Å². The Morgan fingerprint density at radius 2 is 1.21 bits per heavy atom. The molecule has 2 aromatic carbocycles. The molecule has 4 heterocycles. The molecule has 2 unspecified atom stereocenters. The van der Waals surface area contributed by atoms with E-state index in [2.05, 4.69) is 36.4 Å². The van der Waals surface area contributed by atoms with Gasteiger partial charge in [-0.3, -0.25) is 23.7 Å². The van der Waals surface area contributed by atoms with Crippen LogP contribution in [0.2, 0.25) is 10.0 Å². The summed E-state index contributed by atoms with van der Waals surface area (Å²) in [4.78, 5) is 45.7. The Bertz CT molecular complexity index is 2390. The third kappa shape index (κ3) is 14.3. The number of rotatable bonds is 11. The number of nitrogens with zero attached hydrogens (tertiary/aromatic N) is 6. The van der Waals surface area contributed by atoms with Gasteiger partial charge in [0, 0.05) is 84.5 Å². The Morgan fingerprint density at radius 1 is 0.762 bits per heavy atom. The number of nitrogens with two attached hydrogens (primary N) is 1. The minimum atomic E-state index is -4.51. The van der Waals surface area contributed by atoms with E-state index >= 15 is 0 Å². The average Bonchev–Trinajstić information content (AvgIpc) is 3.98. The molecule has 0 aliphatic carbocycles. The number of ketones is 1. The maximum Gasteiger partial charge on any atom is 0.405 e. The molecular weight excluding hydrogens is 951 g/mol. The zero-order valence-corrected chi connectivity index (χ0v) is 37.9. The van der Waals surface area contributed by atoms with Crippen molar-refractivity contribution in [2.24, 2.45) is 30.1 Å². The molecule has 0 bridgehead atoms. The number of benzene rings is 2. The molecule has 2 aliphatic rings. The first kappa shape index (κ1) is 50.7. The molecule has 0 saturated heterocycles. The lowest BCUT2D eigenvalue weighted by Gasteiger charge is -2.20. The number of aryl methyl sites for hydroxylation is 4. The third-order valence-electron chi connectivity index (χ3n) is 9.48. The topological polar surface area (TPSA) is 180 Å². The maximum absolute atomic E-state index is 12.6. The second-order valence-corrected chi connectivity index (χ2v) is 16.6. The maximum atomic E-state index is 12.6. The molecule has 0 spiro atoms. The fraction of sp³-hybridized carbons (Fsp3) is 0.425. The van der Waals surface area contributed by atoms with Gasteiger partial charge in [0.05, 0.1) is 39.4 Å². The number of Topliss-reactive ketones (excluding diaryl/α,β-unsaturated/α-hetero) is 1. The van der Waals surface area contributed by atoms with Gasteiger partial charge in [0.1, 0.15) is 13.1 Å². The first-order chi connectivity index (χ1) is 29.2. The summed E-state index contributed by atoms with van der Waals surface area (Å²) in [6, 6.07) is 10.6. The molecule has 2 aromatic heterocycles. The van der Waals surface area contributed by atoms with E-state index in [1.807, 2.05) is 72.4 Å². The van der Waals surface area contributed by atoms with Crippen molar-refractivity contribution in [1.29, 1.82) is 0 Å². The average molecular weight is 996 g/mol. The normalized spacial score (nSPS) is 18.2. The number of oxime groups is 2. The van der Waals surface area contributed by atoms with Crippen molar-refractivity contribution in [3.8, 4) is 0 Å². The van der Waals surface area contributed by atoms with E-state index in [0.717, 1.165) is 38.3 Å². The number of nitrogens with one attached hydrogen (secondary N) is 2. The van der Waals surface area contributed by atoms with Gasteiger partial charge >= 0.3 is 12.4 Å². The van der Waals surface area contributed by atoms with E-state index < -0.39 is 60.8 Å². The van der Waals surface area contributed by atoms with E-state index in [4.69, 9.17) is 38.6 Å². The molecule has 342 valence electrons. The van der Waals surface area contributed by atoms with Gasteiger partial charge in [0.2, 0.25) is 11.8 Å². The molecule has 2 aliphatic heterocycles. The van der Waals surface area contributed by atoms with Crippen LogP contribution in [0.1, 0.15) is 83.5 Å². The Labute approximate surface area is 376 Å². The van der Waals surface area contributed by atoms with E-state index in [-0.39, 0.29) is 23.4 Å². The second-order valence-electron chi connectivity index (χ2n) is 14.9. The Kier molecular flexibility index (Phi) is 16.6. The quantitative estimate of drug-likeness (QED) is 0.100. The van der Waals surface area contributed by atoms with Crippen molar-refractivity contribution >= 4 is 68.2 Å². The minimum Gasteiger partial charge on any atom is -0.384 e. The van der Waals surface area contributed by atoms with Crippen LogP contribution in [0.5, 0.6) is 0 Å². The Hall–Kier alpha value is -4.99. The molecule has 14 nitrogen and oxygen atoms in total. The fourth-order valence-electron chi connectivity index (χ4n) is 6.43. The van der Waals surface area contributed by atoms with Crippen LogP contribution in [0, 0.1) is 13.8 Å². The summed E-state index contributed by atoms with van der Waals surface area (Å²) in [5, 5.41) is 21.4. The molecule has 4 N–H and O–H groups in total. The summed E-state index contributed by atoms with van der Waals surface area (Å²) >= 11 is 15.6. The fourth-order valence-corrected chi connectivity index (χ4v) is 7.15. The smallest absolute Gasteiger partial charge is 0.384 e. The minimum absolute atomic E-state index is 0.168. The summed E-state index contributed by atoms with van der Waals surface area (Å²) in [5.41, 5.74) is 10.6. The highest BCUT2D eigenvalue weighted by atomic mass is 79.9. The van der Waals surface area contributed by atoms with Gasteiger partial charge in [0.25, 0.3) is 0 Å². The molecule has 0 fully saturated rings. The highest BCUT2D eigenvalue weighted by Crippen LogP contribution is 2.39. The summed E-state index contributed by atoms with van der Waals surface area (Å²) in [5.74, 6) is -2.12. The van der Waals surface area contributed by atoms with E-state index in [0.29, 0.717) is 29.1 Å². The van der Waals surface area contributed by atoms with Crippen LogP contribution in [-0.2, 0) is 44.6 Å². The molecule has 4 aromatic rings. The van der Waals surface area contributed by atoms with Crippen LogP contribution in [0.4, 0.5) is 26.3 Å². The van der Waals surface area contributed by atoms with Gasteiger partial charge in [-0.25, -0.2) is 0 Å². The Morgan fingerprint density at radius 3 is 1.62 bits per heavy atom. The van der Waals surface area contributed by atoms with Crippen LogP contribution in [0.15, 0.2) is 63.6 Å². The zero-order chi connectivity index (χ0) is 47.1. The van der Waals surface area contributed by atoms with Crippen molar-refractivity contribution in [3.05, 3.63) is 103 Å². The number of hydrogen-bond acceptors (Lipinski definition) is 10. The van der Waals surface area contributed by atoms with Gasteiger partial charge < -0.3 is 26.0 Å². The van der Waals surface area contributed by atoms with Crippen LogP contribution < -0.4 is 16.4 Å².